The Morgan fingerprint density at radius 3 is 2.80 bits per heavy atom. The van der Waals surface area contributed by atoms with Gasteiger partial charge < -0.3 is 20.3 Å². The predicted molar refractivity (Wildman–Crippen MR) is 37.8 cm³/mol. The maximum Gasteiger partial charge on any atom is 0.0897 e. The fourth-order valence-electron chi connectivity index (χ4n) is 0.599. The van der Waals surface area contributed by atoms with Crippen molar-refractivity contribution in [3.05, 3.63) is 0 Å². The molecule has 0 bridgehead atoms. The number of hydrogen-bond donors (Lipinski definition) is 3. The molecular formula is C6H15NO3. The number of ether oxygens (including phenoxy) is 1. The van der Waals surface area contributed by atoms with E-state index in [0.717, 1.165) is 0 Å². The Hall–Kier alpha value is -0.160. The van der Waals surface area contributed by atoms with Crippen LogP contribution in [0.5, 0.6) is 0 Å². The monoisotopic (exact) mass is 149 g/mol. The third-order valence-electron chi connectivity index (χ3n) is 1.03. The van der Waals surface area contributed by atoms with E-state index in [1.807, 2.05) is 0 Å². The van der Waals surface area contributed by atoms with Gasteiger partial charge in [-0.25, -0.2) is 0 Å². The highest BCUT2D eigenvalue weighted by Gasteiger charge is 2.00. The SMILES string of the molecule is COCC(O)CNCCO. The van der Waals surface area contributed by atoms with Crippen molar-refractivity contribution in [3.63, 3.8) is 0 Å². The van der Waals surface area contributed by atoms with Gasteiger partial charge in [-0.2, -0.15) is 0 Å². The van der Waals surface area contributed by atoms with E-state index in [1.165, 1.54) is 7.11 Å². The lowest BCUT2D eigenvalue weighted by atomic mass is 10.4. The van der Waals surface area contributed by atoms with Crippen LogP contribution in [0.4, 0.5) is 0 Å². The lowest BCUT2D eigenvalue weighted by molar-refractivity contribution is 0.0639. The van der Waals surface area contributed by atoms with Gasteiger partial charge in [-0.3, -0.25) is 0 Å². The molecule has 0 fully saturated rings. The lowest BCUT2D eigenvalue weighted by Gasteiger charge is -2.08. The fraction of sp³-hybridized carbons (Fsp3) is 1.00. The van der Waals surface area contributed by atoms with E-state index in [-0.39, 0.29) is 6.61 Å². The first-order valence-electron chi connectivity index (χ1n) is 3.29. The Kier molecular flexibility index (Phi) is 6.84. The van der Waals surface area contributed by atoms with Gasteiger partial charge in [0.05, 0.1) is 19.3 Å². The van der Waals surface area contributed by atoms with Crippen LogP contribution in [0.15, 0.2) is 0 Å². The van der Waals surface area contributed by atoms with Crippen molar-refractivity contribution in [2.24, 2.45) is 0 Å². The Morgan fingerprint density at radius 2 is 2.30 bits per heavy atom. The Balaban J connectivity index is 2.97. The zero-order valence-electron chi connectivity index (χ0n) is 6.21. The molecule has 0 spiro atoms. The van der Waals surface area contributed by atoms with Gasteiger partial charge in [0.2, 0.25) is 0 Å². The molecule has 3 N–H and O–H groups in total. The van der Waals surface area contributed by atoms with Gasteiger partial charge in [0.15, 0.2) is 0 Å². The third-order valence-corrected chi connectivity index (χ3v) is 1.03. The summed E-state index contributed by atoms with van der Waals surface area (Å²) < 4.78 is 4.68. The van der Waals surface area contributed by atoms with Gasteiger partial charge in [0, 0.05) is 20.2 Å². The second kappa shape index (κ2) is 6.95. The zero-order valence-corrected chi connectivity index (χ0v) is 6.21. The molecule has 10 heavy (non-hydrogen) atoms. The van der Waals surface area contributed by atoms with Crippen molar-refractivity contribution in [1.82, 2.24) is 5.32 Å². The van der Waals surface area contributed by atoms with Gasteiger partial charge >= 0.3 is 0 Å². The Morgan fingerprint density at radius 1 is 1.60 bits per heavy atom. The molecule has 0 saturated heterocycles. The number of aliphatic hydroxyl groups is 2. The van der Waals surface area contributed by atoms with Crippen LogP contribution in [-0.2, 0) is 4.74 Å². The van der Waals surface area contributed by atoms with Gasteiger partial charge in [0.25, 0.3) is 0 Å². The van der Waals surface area contributed by atoms with Crippen LogP contribution in [0.3, 0.4) is 0 Å². The van der Waals surface area contributed by atoms with Crippen LogP contribution < -0.4 is 5.32 Å². The standard InChI is InChI=1S/C6H15NO3/c1-10-5-6(9)4-7-2-3-8/h6-9H,2-5H2,1H3. The molecule has 0 aromatic carbocycles. The average Bonchev–Trinajstić information content (AvgIpc) is 1.89. The summed E-state index contributed by atoms with van der Waals surface area (Å²) >= 11 is 0. The summed E-state index contributed by atoms with van der Waals surface area (Å²) in [4.78, 5) is 0. The molecule has 0 aliphatic heterocycles. The molecule has 0 rings (SSSR count). The van der Waals surface area contributed by atoms with Crippen molar-refractivity contribution in [1.29, 1.82) is 0 Å². The Labute approximate surface area is 60.8 Å². The zero-order chi connectivity index (χ0) is 7.82. The molecule has 0 amide bonds. The molecule has 1 atom stereocenters. The van der Waals surface area contributed by atoms with E-state index in [4.69, 9.17) is 10.2 Å². The molecule has 4 heteroatoms. The summed E-state index contributed by atoms with van der Waals surface area (Å²) in [7, 11) is 1.54. The summed E-state index contributed by atoms with van der Waals surface area (Å²) in [6, 6.07) is 0. The lowest BCUT2D eigenvalue weighted by Crippen LogP contribution is -2.31. The van der Waals surface area contributed by atoms with Crippen molar-refractivity contribution in [3.8, 4) is 0 Å². The maximum atomic E-state index is 9.01. The third kappa shape index (κ3) is 5.97. The van der Waals surface area contributed by atoms with Crippen LogP contribution in [0.2, 0.25) is 0 Å². The predicted octanol–water partition coefficient (Wildman–Crippen LogP) is -1.42. The van der Waals surface area contributed by atoms with Crippen molar-refractivity contribution in [2.45, 2.75) is 6.10 Å². The van der Waals surface area contributed by atoms with Gasteiger partial charge in [-0.1, -0.05) is 0 Å². The highest BCUT2D eigenvalue weighted by molar-refractivity contribution is 4.56. The quantitative estimate of drug-likeness (QED) is 0.405. The molecule has 0 heterocycles. The normalized spacial score (nSPS) is 13.5. The van der Waals surface area contributed by atoms with E-state index in [2.05, 4.69) is 10.1 Å². The van der Waals surface area contributed by atoms with E-state index in [1.54, 1.807) is 0 Å². The number of rotatable bonds is 6. The first kappa shape index (κ1) is 9.84. The summed E-state index contributed by atoms with van der Waals surface area (Å²) in [5.74, 6) is 0. The van der Waals surface area contributed by atoms with E-state index < -0.39 is 6.10 Å². The molecule has 0 aliphatic rings. The largest absolute Gasteiger partial charge is 0.395 e. The molecule has 1 unspecified atom stereocenters. The topological polar surface area (TPSA) is 61.7 Å². The number of methoxy groups -OCH3 is 1. The molecule has 4 nitrogen and oxygen atoms in total. The number of nitrogens with one attached hydrogen (secondary N) is 1. The average molecular weight is 149 g/mol. The molecule has 0 radical (unpaired) electrons. The second-order valence-corrected chi connectivity index (χ2v) is 2.04. The number of hydrogen-bond acceptors (Lipinski definition) is 4. The molecule has 0 saturated carbocycles. The van der Waals surface area contributed by atoms with Crippen molar-refractivity contribution in [2.75, 3.05) is 33.4 Å². The van der Waals surface area contributed by atoms with Crippen molar-refractivity contribution >= 4 is 0 Å². The summed E-state index contributed by atoms with van der Waals surface area (Å²) in [6.07, 6.45) is -0.475. The van der Waals surface area contributed by atoms with Gasteiger partial charge in [-0.05, 0) is 0 Å². The van der Waals surface area contributed by atoms with Crippen LogP contribution in [-0.4, -0.2) is 49.7 Å². The van der Waals surface area contributed by atoms with E-state index in [9.17, 15) is 0 Å². The van der Waals surface area contributed by atoms with Gasteiger partial charge in [-0.15, -0.1) is 0 Å². The molecule has 0 aromatic heterocycles. The highest BCUT2D eigenvalue weighted by atomic mass is 16.5. The van der Waals surface area contributed by atoms with Crippen molar-refractivity contribution < 1.29 is 14.9 Å². The highest BCUT2D eigenvalue weighted by Crippen LogP contribution is 1.79. The minimum atomic E-state index is -0.475. The summed E-state index contributed by atoms with van der Waals surface area (Å²) in [6.45, 7) is 1.41. The summed E-state index contributed by atoms with van der Waals surface area (Å²) in [5.41, 5.74) is 0. The molecule has 62 valence electrons. The van der Waals surface area contributed by atoms with Crippen LogP contribution in [0.25, 0.3) is 0 Å². The van der Waals surface area contributed by atoms with Crippen LogP contribution >= 0.6 is 0 Å². The second-order valence-electron chi connectivity index (χ2n) is 2.04. The van der Waals surface area contributed by atoms with E-state index in [0.29, 0.717) is 19.7 Å². The van der Waals surface area contributed by atoms with Crippen LogP contribution in [0, 0.1) is 0 Å². The first-order valence-corrected chi connectivity index (χ1v) is 3.29. The minimum Gasteiger partial charge on any atom is -0.395 e. The van der Waals surface area contributed by atoms with Crippen LogP contribution in [0.1, 0.15) is 0 Å². The first-order chi connectivity index (χ1) is 4.81. The van der Waals surface area contributed by atoms with E-state index >= 15 is 0 Å². The maximum absolute atomic E-state index is 9.01. The molecule has 0 aliphatic carbocycles. The smallest absolute Gasteiger partial charge is 0.0897 e. The fourth-order valence-corrected chi connectivity index (χ4v) is 0.599. The summed E-state index contributed by atoms with van der Waals surface area (Å²) in [5, 5.41) is 20.2. The molecular weight excluding hydrogens is 134 g/mol. The Bertz CT molecular complexity index is 70.0. The molecule has 0 aromatic rings. The minimum absolute atomic E-state index is 0.0969. The number of aliphatic hydroxyl groups excluding tert-OH is 2. The van der Waals surface area contributed by atoms with Gasteiger partial charge in [0.1, 0.15) is 0 Å².